The van der Waals surface area contributed by atoms with Gasteiger partial charge in [-0.05, 0) is 111 Å². The number of rotatable bonds is 18. The summed E-state index contributed by atoms with van der Waals surface area (Å²) < 4.78 is 86.8. The summed E-state index contributed by atoms with van der Waals surface area (Å²) in [6.45, 7) is 6.21. The zero-order valence-corrected chi connectivity index (χ0v) is 58.0. The largest absolute Gasteiger partial charge is 0.491 e. The van der Waals surface area contributed by atoms with Crippen LogP contribution in [0.25, 0.3) is 22.5 Å². The molecule has 106 heavy (non-hydrogen) atoms. The molecule has 6 N–H and O–H groups in total. The van der Waals surface area contributed by atoms with E-state index in [4.69, 9.17) is 9.84 Å². The molecule has 0 aromatic carbocycles. The van der Waals surface area contributed by atoms with Gasteiger partial charge in [0.1, 0.15) is 53.0 Å². The van der Waals surface area contributed by atoms with Crippen molar-refractivity contribution >= 4 is 87.5 Å². The number of carbonyl (C=O) groups is 6. The Morgan fingerprint density at radius 3 is 1.48 bits per heavy atom. The molecule has 8 aromatic heterocycles. The molecule has 7 amide bonds. The van der Waals surface area contributed by atoms with Gasteiger partial charge in [-0.1, -0.05) is 13.8 Å². The number of nitrogens with one attached hydrogen (secondary N) is 4. The van der Waals surface area contributed by atoms with E-state index in [1.54, 1.807) is 89.1 Å². The molecule has 6 atom stereocenters. The number of imidazole rings is 1. The SMILES string of the molecule is C[C@@H](CC(=O)c1ccc2c(n1)N(C(=O)Nc1cc(-c3ccn(C)n3)ccn1)[C@H]1CCN2C1)C(F)(F)F.C[C@@H](CC(=O)c1ccc2c(n1)N(C(=O)Nc1cc(-c3cncn3C)ccn1)[C@H]1CCN2C1)C(F)(F)F.O=C(NCC1CC1)c1ccc2c(n1)N(C(=O)Nc1cc(OC[C@H](O)CO)ccn1)[C@H]1CCN2C1. The maximum Gasteiger partial charge on any atom is 0.391 e. The number of aliphatic hydroxyl groups excluding tert-OH is 2. The molecule has 6 aliphatic heterocycles. The standard InChI is InChI=1S/2C24H24F3N7O2.C23H28N6O5/c1-14(24(25,26)27)11-20(35)18-3-4-19-22(29-18)34(16-6-10-33(19)13-16)23(36)30-21-12-15(5-8-28-21)17-7-9-32(2)31-17;1-14(24(25,26)27)9-20(35)17-3-4-18-22(30-17)34(16-6-8-33(18)12-16)23(36)31-21-10-15(5-7-29-21)19-11-28-13-32(19)2;30-12-16(31)13-34-17-5-7-24-20(9-17)27-23(33)29-15-6-8-28(11-15)19-4-3-18(26-21(19)29)22(32)25-10-14-1-2-14/h3-5,7-9,12,14,16H,6,10-11,13H2,1-2H3,(H,28,30,36);3-5,7,10-11,13-14,16H,6,8-9,12H2,1-2H3,(H,29,31,36);3-5,7,9,14-16,30-31H,1-2,6,8,10-13H2,(H,25,32)(H,24,27,33)/t2*14-,16-;15-,16+/m000/s1. The minimum absolute atomic E-state index is 0.0658. The highest BCUT2D eigenvalue weighted by Crippen LogP contribution is 2.44. The Hall–Kier alpha value is -11.4. The van der Waals surface area contributed by atoms with Crippen LogP contribution in [0.4, 0.5) is 92.7 Å². The number of urea groups is 3. The normalized spacial score (nSPS) is 18.2. The highest BCUT2D eigenvalue weighted by Gasteiger charge is 2.45. The number of aromatic nitrogens is 10. The van der Waals surface area contributed by atoms with E-state index in [0.29, 0.717) is 92.6 Å². The Kier molecular flexibility index (Phi) is 20.9. The molecule has 14 heterocycles. The predicted molar refractivity (Wildman–Crippen MR) is 378 cm³/mol. The fraction of sp³-hybridized carbons (Fsp3) is 0.408. The van der Waals surface area contributed by atoms with Gasteiger partial charge < -0.3 is 39.5 Å². The van der Waals surface area contributed by atoms with Crippen LogP contribution in [-0.4, -0.2) is 191 Å². The highest BCUT2D eigenvalue weighted by molar-refractivity contribution is 6.08. The van der Waals surface area contributed by atoms with Crippen molar-refractivity contribution in [3.63, 3.8) is 0 Å². The average molecular weight is 1470 g/mol. The number of nitrogens with zero attached hydrogens (tertiary/aromatic N) is 16. The fourth-order valence-electron chi connectivity index (χ4n) is 13.3. The number of halogens is 6. The maximum absolute atomic E-state index is 13.4. The molecule has 4 fully saturated rings. The van der Waals surface area contributed by atoms with Crippen molar-refractivity contribution < 1.29 is 70.1 Å². The van der Waals surface area contributed by atoms with Gasteiger partial charge in [0, 0.05) is 115 Å². The molecular formula is C71H76F6N20O9. The van der Waals surface area contributed by atoms with E-state index in [0.717, 1.165) is 67.9 Å². The molecule has 6 bridgehead atoms. The molecule has 15 rings (SSSR count). The summed E-state index contributed by atoms with van der Waals surface area (Å²) in [7, 11) is 3.67. The predicted octanol–water partition coefficient (Wildman–Crippen LogP) is 9.54. The summed E-state index contributed by atoms with van der Waals surface area (Å²) >= 11 is 0. The van der Waals surface area contributed by atoms with Crippen LogP contribution in [0.3, 0.4) is 0 Å². The third-order valence-electron chi connectivity index (χ3n) is 19.4. The van der Waals surface area contributed by atoms with Gasteiger partial charge in [0.05, 0.1) is 77.5 Å². The molecule has 0 unspecified atom stereocenters. The monoisotopic (exact) mass is 1470 g/mol. The highest BCUT2D eigenvalue weighted by atomic mass is 19.4. The Morgan fingerprint density at radius 1 is 0.585 bits per heavy atom. The molecule has 1 aliphatic carbocycles. The summed E-state index contributed by atoms with van der Waals surface area (Å²) in [6, 6.07) is 19.9. The summed E-state index contributed by atoms with van der Waals surface area (Å²) in [5.41, 5.74) is 5.41. The number of aryl methyl sites for hydroxylation is 2. The second-order valence-electron chi connectivity index (χ2n) is 27.1. The van der Waals surface area contributed by atoms with Gasteiger partial charge >= 0.3 is 30.4 Å². The van der Waals surface area contributed by atoms with Crippen LogP contribution in [0.5, 0.6) is 5.75 Å². The van der Waals surface area contributed by atoms with Crippen LogP contribution in [-0.2, 0) is 14.1 Å². The summed E-state index contributed by atoms with van der Waals surface area (Å²) in [5.74, 6) is -2.40. The number of hydrogen-bond donors (Lipinski definition) is 6. The Morgan fingerprint density at radius 2 is 1.04 bits per heavy atom. The van der Waals surface area contributed by atoms with Crippen LogP contribution >= 0.6 is 0 Å². The van der Waals surface area contributed by atoms with E-state index in [-0.39, 0.29) is 65.2 Å². The Labute approximate surface area is 603 Å². The second kappa shape index (κ2) is 30.4. The van der Waals surface area contributed by atoms with Gasteiger partial charge in [-0.3, -0.25) is 49.7 Å². The molecular weight excluding hydrogens is 1390 g/mol. The number of alkyl halides is 6. The summed E-state index contributed by atoms with van der Waals surface area (Å²) in [5, 5.41) is 34.1. The van der Waals surface area contributed by atoms with E-state index in [1.165, 1.54) is 28.1 Å². The first-order valence-corrected chi connectivity index (χ1v) is 34.6. The minimum atomic E-state index is -4.47. The zero-order valence-electron chi connectivity index (χ0n) is 58.0. The van der Waals surface area contributed by atoms with Crippen LogP contribution in [0, 0.1) is 17.8 Å². The van der Waals surface area contributed by atoms with Crippen molar-refractivity contribution in [3.8, 4) is 28.3 Å². The fourth-order valence-corrected chi connectivity index (χ4v) is 13.3. The summed E-state index contributed by atoms with van der Waals surface area (Å²) in [6.07, 6.45) is 2.92. The van der Waals surface area contributed by atoms with Crippen LogP contribution in [0.1, 0.15) is 90.3 Å². The Bertz CT molecular complexity index is 4630. The van der Waals surface area contributed by atoms with Gasteiger partial charge in [0.2, 0.25) is 0 Å². The van der Waals surface area contributed by atoms with Gasteiger partial charge in [0.25, 0.3) is 5.91 Å². The number of Topliss-reactive ketones (excluding diaryl/α,β-unsaturated/α-hetero) is 2. The molecule has 3 saturated heterocycles. The van der Waals surface area contributed by atoms with Crippen molar-refractivity contribution in [1.29, 1.82) is 0 Å². The third-order valence-corrected chi connectivity index (χ3v) is 19.4. The van der Waals surface area contributed by atoms with E-state index < -0.39 is 79.4 Å². The van der Waals surface area contributed by atoms with Crippen LogP contribution < -0.4 is 55.4 Å². The lowest BCUT2D eigenvalue weighted by Gasteiger charge is -2.35. The smallest absolute Gasteiger partial charge is 0.391 e. The molecule has 7 aliphatic rings. The summed E-state index contributed by atoms with van der Waals surface area (Å²) in [4.78, 5) is 119. The molecule has 35 heteroatoms. The lowest BCUT2D eigenvalue weighted by Crippen LogP contribution is -2.48. The van der Waals surface area contributed by atoms with Crippen molar-refractivity contribution in [3.05, 3.63) is 133 Å². The number of ether oxygens (including phenoxy) is 1. The van der Waals surface area contributed by atoms with E-state index in [1.807, 2.05) is 37.0 Å². The maximum atomic E-state index is 13.4. The number of pyridine rings is 6. The zero-order chi connectivity index (χ0) is 74.9. The van der Waals surface area contributed by atoms with Gasteiger partial charge in [-0.15, -0.1) is 0 Å². The number of carbonyl (C=O) groups excluding carboxylic acids is 6. The van der Waals surface area contributed by atoms with Crippen LogP contribution in [0.15, 0.2) is 116 Å². The average Bonchev–Trinajstić information content (AvgIpc) is 1.55. The van der Waals surface area contributed by atoms with Crippen molar-refractivity contribution in [2.45, 2.75) is 95.4 Å². The van der Waals surface area contributed by atoms with Gasteiger partial charge in [-0.25, -0.2) is 49.3 Å². The first-order valence-electron chi connectivity index (χ1n) is 34.6. The molecule has 556 valence electrons. The Balaban J connectivity index is 0.000000141. The number of hydrogen-bond acceptors (Lipinski definition) is 20. The lowest BCUT2D eigenvalue weighted by atomic mass is 10.0. The number of ketones is 2. The minimum Gasteiger partial charge on any atom is -0.491 e. The molecule has 0 spiro atoms. The number of amides is 7. The van der Waals surface area contributed by atoms with Crippen molar-refractivity contribution in [2.75, 3.05) is 104 Å². The first kappa shape index (κ1) is 73.0. The van der Waals surface area contributed by atoms with E-state index >= 15 is 0 Å². The van der Waals surface area contributed by atoms with Crippen molar-refractivity contribution in [2.24, 2.45) is 31.8 Å². The molecule has 1 saturated carbocycles. The second-order valence-corrected chi connectivity index (χ2v) is 27.1. The van der Waals surface area contributed by atoms with Gasteiger partial charge in [-0.2, -0.15) is 31.4 Å². The van der Waals surface area contributed by atoms with E-state index in [9.17, 15) is 60.2 Å². The number of aliphatic hydroxyl groups is 2. The van der Waals surface area contributed by atoms with Crippen LogP contribution in [0.2, 0.25) is 0 Å². The van der Waals surface area contributed by atoms with E-state index in [2.05, 4.69) is 76.0 Å². The molecule has 0 radical (unpaired) electrons. The molecule has 29 nitrogen and oxygen atoms in total. The third kappa shape index (κ3) is 16.3. The number of anilines is 9. The topological polar surface area (TPSA) is 333 Å². The number of fused-ring (bicyclic) bond motifs is 12. The molecule has 8 aromatic rings. The van der Waals surface area contributed by atoms with Gasteiger partial charge in [0.15, 0.2) is 29.0 Å². The quantitative estimate of drug-likeness (QED) is 0.0344. The van der Waals surface area contributed by atoms with Crippen molar-refractivity contribution in [1.82, 2.24) is 54.6 Å². The first-order chi connectivity index (χ1) is 50.7. The lowest BCUT2D eigenvalue weighted by molar-refractivity contribution is -0.169.